The molecule has 4 aromatic heterocycles. The summed E-state index contributed by atoms with van der Waals surface area (Å²) in [6, 6.07) is 0.149. The summed E-state index contributed by atoms with van der Waals surface area (Å²) in [4.78, 5) is 47.3. The summed E-state index contributed by atoms with van der Waals surface area (Å²) in [6.07, 6.45) is 6.29. The summed E-state index contributed by atoms with van der Waals surface area (Å²) >= 11 is 5.10. The zero-order valence-electron chi connectivity index (χ0n) is 25.2. The van der Waals surface area contributed by atoms with E-state index in [4.69, 9.17) is 28.8 Å². The van der Waals surface area contributed by atoms with Gasteiger partial charge in [0.05, 0.1) is 0 Å². The first-order chi connectivity index (χ1) is 22.0. The first-order valence-corrected chi connectivity index (χ1v) is 21.1. The van der Waals surface area contributed by atoms with Crippen molar-refractivity contribution in [1.82, 2.24) is 39.0 Å². The van der Waals surface area contributed by atoms with Crippen LogP contribution in [0.25, 0.3) is 22.3 Å². The van der Waals surface area contributed by atoms with Crippen LogP contribution in [0.1, 0.15) is 39.1 Å². The number of aromatic nitrogens is 8. The molecule has 0 radical (unpaired) electrons. The molecule has 0 saturated carbocycles. The third kappa shape index (κ3) is 7.36. The van der Waals surface area contributed by atoms with E-state index in [1.54, 1.807) is 23.5 Å². The molecule has 0 aliphatic carbocycles. The number of nitrogens with zero attached hydrogens (tertiary/aromatic N) is 8. The topological polar surface area (TPSA) is 212 Å². The number of hydrogen-bond acceptors (Lipinski definition) is 17. The summed E-state index contributed by atoms with van der Waals surface area (Å²) in [7, 11) is -2.97. The molecule has 2 fully saturated rings. The average molecular weight is 735 g/mol. The van der Waals surface area contributed by atoms with Crippen LogP contribution in [0.3, 0.4) is 0 Å². The molecule has 2 aliphatic rings. The van der Waals surface area contributed by atoms with Gasteiger partial charge in [-0.3, -0.25) is 0 Å². The molecule has 252 valence electrons. The van der Waals surface area contributed by atoms with Crippen molar-refractivity contribution >= 4 is 81.6 Å². The average Bonchev–Trinajstić information content (AvgIpc) is 3.80. The van der Waals surface area contributed by atoms with Gasteiger partial charge in [0.15, 0.2) is 0 Å². The van der Waals surface area contributed by atoms with Gasteiger partial charge in [-0.25, -0.2) is 0 Å². The number of imidazole rings is 2. The number of thiol groups is 1. The Balaban J connectivity index is 1.14. The molecule has 0 amide bonds. The minimum absolute atomic E-state index is 0.0124. The second-order valence-corrected chi connectivity index (χ2v) is 18.5. The van der Waals surface area contributed by atoms with E-state index in [2.05, 4.69) is 56.7 Å². The van der Waals surface area contributed by atoms with Crippen LogP contribution in [-0.4, -0.2) is 98.3 Å². The Bertz CT molecular complexity index is 1660. The maximum absolute atomic E-state index is 11.6. The van der Waals surface area contributed by atoms with Crippen molar-refractivity contribution in [3.63, 3.8) is 0 Å². The van der Waals surface area contributed by atoms with Gasteiger partial charge >= 0.3 is 278 Å². The molecule has 22 heteroatoms. The molecule has 17 nitrogen and oxygen atoms in total. The number of nitrogens with one attached hydrogen (secondary N) is 1. The van der Waals surface area contributed by atoms with Gasteiger partial charge in [0.25, 0.3) is 0 Å². The van der Waals surface area contributed by atoms with Crippen molar-refractivity contribution in [2.45, 2.75) is 69.2 Å². The van der Waals surface area contributed by atoms with Gasteiger partial charge in [0.2, 0.25) is 0 Å². The van der Waals surface area contributed by atoms with Crippen LogP contribution in [0.2, 0.25) is 0 Å². The molecular formula is C24H37N10O7P3S2. The fourth-order valence-corrected chi connectivity index (χ4v) is 8.83. The number of anilines is 2. The van der Waals surface area contributed by atoms with Crippen molar-refractivity contribution in [1.29, 1.82) is 0 Å². The second-order valence-electron chi connectivity index (χ2n) is 11.1. The summed E-state index contributed by atoms with van der Waals surface area (Å²) in [6.45, 7) is 4.10. The molecule has 5 N–H and O–H groups in total. The molecule has 6 heterocycles. The number of ether oxygens (including phenoxy) is 2. The first kappa shape index (κ1) is 34.3. The van der Waals surface area contributed by atoms with Gasteiger partial charge in [-0.2, -0.15) is 0 Å². The Hall–Kier alpha value is -1.59. The van der Waals surface area contributed by atoms with Crippen LogP contribution < -0.4 is 11.1 Å². The van der Waals surface area contributed by atoms with E-state index >= 15 is 0 Å². The van der Waals surface area contributed by atoms with E-state index in [-0.39, 0.29) is 37.2 Å². The predicted molar refractivity (Wildman–Crippen MR) is 183 cm³/mol. The van der Waals surface area contributed by atoms with E-state index in [1.807, 2.05) is 18.4 Å². The Morgan fingerprint density at radius 2 is 1.72 bits per heavy atom. The molecule has 6 rings (SSSR count). The number of nitrogen functional groups attached to an aromatic ring is 1. The van der Waals surface area contributed by atoms with Gasteiger partial charge < -0.3 is 0 Å². The van der Waals surface area contributed by atoms with Gasteiger partial charge in [-0.05, 0) is 0 Å². The summed E-state index contributed by atoms with van der Waals surface area (Å²) in [5.74, 6) is 0.914. The molecule has 2 unspecified atom stereocenters. The van der Waals surface area contributed by atoms with Crippen molar-refractivity contribution in [3.8, 4) is 0 Å². The fraction of sp³-hybridized carbons (Fsp3) is 0.583. The standard InChI is InChI=1S/C24H37N10O7P3S2/c1-12(2)32-22-20-24(29-9-27-22)33(11-31-20)17-4-13(14(39-17)6-37-43(35)45)41-44(36,46-3)38-7-15-16(42)5-18(40-15)34-10-30-19-21(25)26-8-28-23(19)34/h8-18,35-36,44-45H,4-7,42H2,1-3H3,(H2,25,26,28)(H,27,29,32)/t13-,14+,15+,16-,17+,18+,43?/m0/s1. The molecule has 0 spiro atoms. The Morgan fingerprint density at radius 3 is 2.41 bits per heavy atom. The Labute approximate surface area is 277 Å². The van der Waals surface area contributed by atoms with Crippen LogP contribution in [0.4, 0.5) is 11.6 Å². The van der Waals surface area contributed by atoms with Crippen molar-refractivity contribution in [2.75, 3.05) is 30.5 Å². The van der Waals surface area contributed by atoms with Crippen molar-refractivity contribution < 1.29 is 32.8 Å². The number of rotatable bonds is 13. The molecule has 8 atom stereocenters. The van der Waals surface area contributed by atoms with E-state index in [1.165, 1.54) is 12.7 Å². The third-order valence-corrected chi connectivity index (χ3v) is 12.9. The SMILES string of the molecule is CS[PH](O)(OC[C@H]1O[C@@H](n2cnc3c(N)ncnc32)C[C@@H]1P)O[C@H]1C[C@H](n2cnc3c(NC(C)C)ncnc32)O[C@@H]1COP(O)S. The van der Waals surface area contributed by atoms with Crippen molar-refractivity contribution in [2.24, 2.45) is 0 Å². The minimum atomic E-state index is -3.82. The summed E-state index contributed by atoms with van der Waals surface area (Å²) < 4.78 is 34.1. The normalized spacial score (nSPS) is 26.4. The summed E-state index contributed by atoms with van der Waals surface area (Å²) in [5.41, 5.74) is 8.24. The second kappa shape index (κ2) is 14.5. The van der Waals surface area contributed by atoms with Crippen LogP contribution in [-0.2, 0) is 23.0 Å². The monoisotopic (exact) mass is 734 g/mol. The molecule has 46 heavy (non-hydrogen) atoms. The predicted octanol–water partition coefficient (Wildman–Crippen LogP) is 3.22. The van der Waals surface area contributed by atoms with Gasteiger partial charge in [-0.15, -0.1) is 0 Å². The van der Waals surface area contributed by atoms with Crippen molar-refractivity contribution in [3.05, 3.63) is 25.3 Å². The maximum atomic E-state index is 11.6. The van der Waals surface area contributed by atoms with Gasteiger partial charge in [0.1, 0.15) is 0 Å². The zero-order chi connectivity index (χ0) is 32.6. The zero-order valence-corrected chi connectivity index (χ0v) is 29.9. The summed E-state index contributed by atoms with van der Waals surface area (Å²) in [5, 5.41) is 3.28. The van der Waals surface area contributed by atoms with E-state index in [0.717, 1.165) is 11.4 Å². The van der Waals surface area contributed by atoms with Crippen LogP contribution in [0, 0.1) is 0 Å². The van der Waals surface area contributed by atoms with E-state index in [9.17, 15) is 9.79 Å². The van der Waals surface area contributed by atoms with Gasteiger partial charge in [-0.1, -0.05) is 0 Å². The van der Waals surface area contributed by atoms with E-state index < -0.39 is 33.2 Å². The Morgan fingerprint density at radius 1 is 1.07 bits per heavy atom. The molecular weight excluding hydrogens is 697 g/mol. The molecule has 0 bridgehead atoms. The van der Waals surface area contributed by atoms with Gasteiger partial charge in [0, 0.05) is 0 Å². The fourth-order valence-electron chi connectivity index (χ4n) is 5.41. The first-order valence-electron chi connectivity index (χ1n) is 14.4. The van der Waals surface area contributed by atoms with E-state index in [0.29, 0.717) is 46.8 Å². The quantitative estimate of drug-likeness (QED) is 0.0986. The van der Waals surface area contributed by atoms with Crippen LogP contribution in [0.15, 0.2) is 25.3 Å². The molecule has 0 aromatic carbocycles. The molecule has 2 saturated heterocycles. The van der Waals surface area contributed by atoms with Crippen LogP contribution >= 0.6 is 47.6 Å². The number of fused-ring (bicyclic) bond motifs is 2. The number of hydrogen-bond donors (Lipinski definition) is 5. The molecule has 4 aromatic rings. The number of nitrogens with two attached hydrogens (primary N) is 1. The molecule has 2 aliphatic heterocycles. The Kier molecular flexibility index (Phi) is 10.8. The third-order valence-electron chi connectivity index (χ3n) is 7.60. The van der Waals surface area contributed by atoms with Crippen LogP contribution in [0.5, 0.6) is 0 Å².